The highest BCUT2D eigenvalue weighted by molar-refractivity contribution is 5.97. The van der Waals surface area contributed by atoms with Crippen LogP contribution in [-0.2, 0) is 9.59 Å². The molecule has 0 aromatic heterocycles. The van der Waals surface area contributed by atoms with E-state index in [4.69, 9.17) is 4.74 Å². The van der Waals surface area contributed by atoms with Gasteiger partial charge >= 0.3 is 0 Å². The summed E-state index contributed by atoms with van der Waals surface area (Å²) in [7, 11) is 1.56. The van der Waals surface area contributed by atoms with Crippen molar-refractivity contribution >= 4 is 17.5 Å². The van der Waals surface area contributed by atoms with Crippen molar-refractivity contribution in [3.05, 3.63) is 23.8 Å². The molecule has 1 atom stereocenters. The number of nitrogens with one attached hydrogen (secondary N) is 3. The van der Waals surface area contributed by atoms with Gasteiger partial charge in [-0.1, -0.05) is 6.07 Å². The number of rotatable bonds is 3. The lowest BCUT2D eigenvalue weighted by Crippen LogP contribution is -2.56. The van der Waals surface area contributed by atoms with Crippen LogP contribution in [0.25, 0.3) is 0 Å². The molecule has 1 aliphatic heterocycles. The Kier molecular flexibility index (Phi) is 4.01. The van der Waals surface area contributed by atoms with Crippen LogP contribution in [0.5, 0.6) is 5.75 Å². The number of hydrogen-bond acceptors (Lipinski definition) is 4. The number of aryl methyl sites for hydroxylation is 1. The van der Waals surface area contributed by atoms with Crippen LogP contribution in [0.1, 0.15) is 5.56 Å². The third kappa shape index (κ3) is 3.23. The number of carbonyl (C=O) groups excluding carboxylic acids is 2. The molecule has 6 heteroatoms. The van der Waals surface area contributed by atoms with Crippen molar-refractivity contribution in [1.29, 1.82) is 0 Å². The molecule has 3 N–H and O–H groups in total. The fraction of sp³-hybridized carbons (Fsp3) is 0.385. The zero-order valence-corrected chi connectivity index (χ0v) is 10.9. The van der Waals surface area contributed by atoms with Crippen molar-refractivity contribution in [3.8, 4) is 5.75 Å². The number of anilines is 1. The highest BCUT2D eigenvalue weighted by Gasteiger charge is 2.24. The molecule has 1 saturated heterocycles. The predicted octanol–water partition coefficient (Wildman–Crippen LogP) is 0.0301. The summed E-state index contributed by atoms with van der Waals surface area (Å²) >= 11 is 0. The Bertz CT molecular complexity index is 492. The molecule has 2 rings (SSSR count). The summed E-state index contributed by atoms with van der Waals surface area (Å²) in [6, 6.07) is 5.12. The van der Waals surface area contributed by atoms with E-state index in [1.807, 2.05) is 19.1 Å². The van der Waals surface area contributed by atoms with Crippen molar-refractivity contribution in [3.63, 3.8) is 0 Å². The van der Waals surface area contributed by atoms with E-state index < -0.39 is 6.04 Å². The van der Waals surface area contributed by atoms with Gasteiger partial charge in [-0.2, -0.15) is 0 Å². The van der Waals surface area contributed by atoms with Gasteiger partial charge in [-0.3, -0.25) is 14.9 Å². The minimum atomic E-state index is -0.427. The first-order chi connectivity index (χ1) is 9.10. The maximum absolute atomic E-state index is 12.0. The van der Waals surface area contributed by atoms with Crippen molar-refractivity contribution < 1.29 is 14.3 Å². The zero-order valence-electron chi connectivity index (χ0n) is 10.9. The van der Waals surface area contributed by atoms with Crippen LogP contribution in [0.2, 0.25) is 0 Å². The van der Waals surface area contributed by atoms with E-state index in [0.29, 0.717) is 18.0 Å². The lowest BCUT2D eigenvalue weighted by Gasteiger charge is -2.23. The smallest absolute Gasteiger partial charge is 0.243 e. The average Bonchev–Trinajstić information content (AvgIpc) is 2.41. The molecule has 102 valence electrons. The summed E-state index contributed by atoms with van der Waals surface area (Å²) in [5.74, 6) is 0.326. The molecule has 1 aromatic carbocycles. The second-order valence-electron chi connectivity index (χ2n) is 4.43. The van der Waals surface area contributed by atoms with Crippen molar-refractivity contribution in [2.75, 3.05) is 25.5 Å². The van der Waals surface area contributed by atoms with Crippen molar-refractivity contribution in [2.45, 2.75) is 13.0 Å². The molecule has 1 aliphatic rings. The Hall–Kier alpha value is -2.08. The molecule has 0 spiro atoms. The van der Waals surface area contributed by atoms with Crippen LogP contribution >= 0.6 is 0 Å². The van der Waals surface area contributed by atoms with Gasteiger partial charge < -0.3 is 15.4 Å². The summed E-state index contributed by atoms with van der Waals surface area (Å²) in [6.45, 7) is 2.40. The number of piperazine rings is 1. The number of benzene rings is 1. The molecule has 6 nitrogen and oxygen atoms in total. The van der Waals surface area contributed by atoms with Gasteiger partial charge in [-0.15, -0.1) is 0 Å². The average molecular weight is 263 g/mol. The van der Waals surface area contributed by atoms with E-state index in [1.54, 1.807) is 13.2 Å². The summed E-state index contributed by atoms with van der Waals surface area (Å²) in [5.41, 5.74) is 1.68. The van der Waals surface area contributed by atoms with E-state index in [-0.39, 0.29) is 18.4 Å². The van der Waals surface area contributed by atoms with Gasteiger partial charge in [0.2, 0.25) is 11.8 Å². The first-order valence-electron chi connectivity index (χ1n) is 6.05. The second kappa shape index (κ2) is 5.71. The number of ether oxygens (including phenoxy) is 1. The van der Waals surface area contributed by atoms with Crippen LogP contribution in [0.15, 0.2) is 18.2 Å². The lowest BCUT2D eigenvalue weighted by atomic mass is 10.2. The van der Waals surface area contributed by atoms with Gasteiger partial charge in [0.15, 0.2) is 0 Å². The van der Waals surface area contributed by atoms with Crippen LogP contribution < -0.4 is 20.7 Å². The summed E-state index contributed by atoms with van der Waals surface area (Å²) in [5, 5.41) is 8.31. The van der Waals surface area contributed by atoms with Gasteiger partial charge in [0, 0.05) is 6.54 Å². The Morgan fingerprint density at radius 1 is 1.47 bits per heavy atom. The Morgan fingerprint density at radius 2 is 2.26 bits per heavy atom. The van der Waals surface area contributed by atoms with Crippen molar-refractivity contribution in [2.24, 2.45) is 0 Å². The minimum absolute atomic E-state index is 0.100. The molecule has 0 aliphatic carbocycles. The monoisotopic (exact) mass is 263 g/mol. The molecular weight excluding hydrogens is 246 g/mol. The lowest BCUT2D eigenvalue weighted by molar-refractivity contribution is -0.124. The standard InChI is InChI=1S/C13H17N3O3/c1-8-3-4-9(11(5-8)19-2)16-13(18)10-6-15-12(17)7-14-10/h3-5,10,14H,6-7H2,1-2H3,(H,15,17)(H,16,18). The fourth-order valence-electron chi connectivity index (χ4n) is 1.87. The molecule has 2 amide bonds. The molecule has 0 saturated carbocycles. The van der Waals surface area contributed by atoms with Gasteiger partial charge in [0.25, 0.3) is 0 Å². The number of amides is 2. The van der Waals surface area contributed by atoms with Crippen LogP contribution in [-0.4, -0.2) is 38.1 Å². The van der Waals surface area contributed by atoms with Gasteiger partial charge in [-0.25, -0.2) is 0 Å². The normalized spacial score (nSPS) is 18.6. The quantitative estimate of drug-likeness (QED) is 0.719. The van der Waals surface area contributed by atoms with Crippen LogP contribution in [0.3, 0.4) is 0 Å². The molecule has 1 unspecified atom stereocenters. The van der Waals surface area contributed by atoms with Crippen molar-refractivity contribution in [1.82, 2.24) is 10.6 Å². The molecule has 0 bridgehead atoms. The third-order valence-electron chi connectivity index (χ3n) is 2.94. The third-order valence-corrected chi connectivity index (χ3v) is 2.94. The Balaban J connectivity index is 2.04. The van der Waals surface area contributed by atoms with Crippen LogP contribution in [0, 0.1) is 6.92 Å². The molecule has 1 aromatic rings. The Labute approximate surface area is 111 Å². The second-order valence-corrected chi connectivity index (χ2v) is 4.43. The highest BCUT2D eigenvalue weighted by atomic mass is 16.5. The number of hydrogen-bond donors (Lipinski definition) is 3. The maximum atomic E-state index is 12.0. The molecule has 1 fully saturated rings. The maximum Gasteiger partial charge on any atom is 0.243 e. The molecule has 19 heavy (non-hydrogen) atoms. The number of methoxy groups -OCH3 is 1. The van der Waals surface area contributed by atoms with E-state index in [2.05, 4.69) is 16.0 Å². The largest absolute Gasteiger partial charge is 0.495 e. The summed E-state index contributed by atoms with van der Waals surface area (Å²) in [6.07, 6.45) is 0. The summed E-state index contributed by atoms with van der Waals surface area (Å²) < 4.78 is 5.23. The molecular formula is C13H17N3O3. The molecule has 0 radical (unpaired) electrons. The van der Waals surface area contributed by atoms with E-state index in [0.717, 1.165) is 5.56 Å². The summed E-state index contributed by atoms with van der Waals surface area (Å²) in [4.78, 5) is 23.0. The predicted molar refractivity (Wildman–Crippen MR) is 71.2 cm³/mol. The number of carbonyl (C=O) groups is 2. The van der Waals surface area contributed by atoms with E-state index in [1.165, 1.54) is 0 Å². The van der Waals surface area contributed by atoms with E-state index in [9.17, 15) is 9.59 Å². The van der Waals surface area contributed by atoms with Gasteiger partial charge in [0.1, 0.15) is 11.8 Å². The molecule has 1 heterocycles. The van der Waals surface area contributed by atoms with Gasteiger partial charge in [0.05, 0.1) is 19.3 Å². The topological polar surface area (TPSA) is 79.5 Å². The first kappa shape index (κ1) is 13.4. The van der Waals surface area contributed by atoms with Gasteiger partial charge in [-0.05, 0) is 24.6 Å². The first-order valence-corrected chi connectivity index (χ1v) is 6.05. The SMILES string of the molecule is COc1cc(C)ccc1NC(=O)C1CNC(=O)CN1. The highest BCUT2D eigenvalue weighted by Crippen LogP contribution is 2.25. The van der Waals surface area contributed by atoms with Crippen LogP contribution in [0.4, 0.5) is 5.69 Å². The fourth-order valence-corrected chi connectivity index (χ4v) is 1.87. The minimum Gasteiger partial charge on any atom is -0.495 e. The van der Waals surface area contributed by atoms with E-state index >= 15 is 0 Å². The Morgan fingerprint density at radius 3 is 2.89 bits per heavy atom. The zero-order chi connectivity index (χ0) is 13.8.